The van der Waals surface area contributed by atoms with E-state index in [4.69, 9.17) is 9.15 Å². The lowest BCUT2D eigenvalue weighted by molar-refractivity contribution is -0.120. The van der Waals surface area contributed by atoms with Gasteiger partial charge in [-0.05, 0) is 45.0 Å². The Kier molecular flexibility index (Phi) is 5.81. The van der Waals surface area contributed by atoms with Crippen LogP contribution in [0.4, 0.5) is 0 Å². The molecule has 0 aliphatic rings. The van der Waals surface area contributed by atoms with Gasteiger partial charge in [-0.2, -0.15) is 0 Å². The molecule has 2 amide bonds. The Balaban J connectivity index is 1.60. The number of hydrogen-bond acceptors (Lipinski definition) is 5. The zero-order valence-corrected chi connectivity index (χ0v) is 16.3. The van der Waals surface area contributed by atoms with E-state index in [0.717, 1.165) is 10.3 Å². The van der Waals surface area contributed by atoms with E-state index in [1.54, 1.807) is 6.07 Å². The number of fused-ring (bicyclic) bond motifs is 1. The summed E-state index contributed by atoms with van der Waals surface area (Å²) in [6.07, 6.45) is 0. The van der Waals surface area contributed by atoms with Crippen LogP contribution in [0.3, 0.4) is 0 Å². The van der Waals surface area contributed by atoms with Gasteiger partial charge in [-0.25, -0.2) is 0 Å². The number of carbonyl (C=O) groups excluding carboxylic acids is 2. The molecule has 7 heteroatoms. The number of amides is 2. The van der Waals surface area contributed by atoms with Gasteiger partial charge in [0.15, 0.2) is 11.3 Å². The fourth-order valence-electron chi connectivity index (χ4n) is 2.71. The molecule has 3 rings (SSSR count). The van der Waals surface area contributed by atoms with Crippen molar-refractivity contribution in [3.05, 3.63) is 51.9 Å². The summed E-state index contributed by atoms with van der Waals surface area (Å²) in [5.41, 5.74) is 0.664. The molecule has 6 nitrogen and oxygen atoms in total. The maximum absolute atomic E-state index is 12.2. The third kappa shape index (κ3) is 4.49. The van der Waals surface area contributed by atoms with Crippen molar-refractivity contribution in [1.82, 2.24) is 10.6 Å². The molecule has 0 unspecified atom stereocenters. The first kappa shape index (κ1) is 19.0. The summed E-state index contributed by atoms with van der Waals surface area (Å²) in [6.45, 7) is 6.13. The molecule has 0 aliphatic heterocycles. The van der Waals surface area contributed by atoms with Gasteiger partial charge in [-0.15, -0.1) is 11.3 Å². The van der Waals surface area contributed by atoms with Gasteiger partial charge in [0.1, 0.15) is 5.76 Å². The Morgan fingerprint density at radius 2 is 2.07 bits per heavy atom. The van der Waals surface area contributed by atoms with Crippen LogP contribution in [0.2, 0.25) is 0 Å². The summed E-state index contributed by atoms with van der Waals surface area (Å²) in [5, 5.41) is 6.38. The average Bonchev–Trinajstić information content (AvgIpc) is 3.27. The summed E-state index contributed by atoms with van der Waals surface area (Å²) in [7, 11) is 0. The summed E-state index contributed by atoms with van der Waals surface area (Å²) >= 11 is 1.40. The van der Waals surface area contributed by atoms with E-state index in [1.165, 1.54) is 11.3 Å². The number of furan rings is 1. The van der Waals surface area contributed by atoms with Gasteiger partial charge >= 0.3 is 0 Å². The van der Waals surface area contributed by atoms with Gasteiger partial charge in [0, 0.05) is 10.3 Å². The van der Waals surface area contributed by atoms with Crippen molar-refractivity contribution in [3.63, 3.8) is 0 Å². The number of nitrogens with one attached hydrogen (secondary N) is 2. The second-order valence-corrected chi connectivity index (χ2v) is 7.43. The molecule has 0 aliphatic carbocycles. The van der Waals surface area contributed by atoms with E-state index < -0.39 is 0 Å². The summed E-state index contributed by atoms with van der Waals surface area (Å²) in [6, 6.07) is 10.9. The van der Waals surface area contributed by atoms with Crippen LogP contribution < -0.4 is 15.4 Å². The predicted octanol–water partition coefficient (Wildman–Crippen LogP) is 3.81. The monoisotopic (exact) mass is 386 g/mol. The van der Waals surface area contributed by atoms with Gasteiger partial charge in [-0.3, -0.25) is 9.59 Å². The molecule has 0 spiro atoms. The van der Waals surface area contributed by atoms with Crippen LogP contribution in [-0.4, -0.2) is 25.0 Å². The predicted molar refractivity (Wildman–Crippen MR) is 105 cm³/mol. The van der Waals surface area contributed by atoms with E-state index in [9.17, 15) is 9.59 Å². The number of hydrogen-bond donors (Lipinski definition) is 2. The quantitative estimate of drug-likeness (QED) is 0.647. The normalized spacial score (nSPS) is 12.0. The topological polar surface area (TPSA) is 80.6 Å². The van der Waals surface area contributed by atoms with Gasteiger partial charge in [0.2, 0.25) is 5.91 Å². The first-order valence-corrected chi connectivity index (χ1v) is 9.59. The van der Waals surface area contributed by atoms with Gasteiger partial charge in [-0.1, -0.05) is 12.1 Å². The standard InChI is InChI=1S/C20H22N2O4S/c1-4-25-15-7-5-6-14-10-16(26-19(14)15)13(3)22-18(23)11-21-20(24)17-9-8-12(2)27-17/h5-10,13H,4,11H2,1-3H3,(H,21,24)(H,22,23)/t13-/m1/s1. The number of thiophene rings is 1. The van der Waals surface area contributed by atoms with Crippen molar-refractivity contribution in [1.29, 1.82) is 0 Å². The molecule has 2 aromatic heterocycles. The average molecular weight is 386 g/mol. The molecule has 3 aromatic rings. The first-order chi connectivity index (χ1) is 13.0. The van der Waals surface area contributed by atoms with E-state index in [1.807, 2.05) is 51.1 Å². The van der Waals surface area contributed by atoms with Crippen LogP contribution in [0.1, 0.15) is 40.2 Å². The van der Waals surface area contributed by atoms with Crippen molar-refractivity contribution in [2.75, 3.05) is 13.2 Å². The number of benzene rings is 1. The minimum absolute atomic E-state index is 0.0927. The molecule has 0 saturated carbocycles. The number of carbonyl (C=O) groups is 2. The SMILES string of the molecule is CCOc1cccc2cc([C@@H](C)NC(=O)CNC(=O)c3ccc(C)s3)oc12. The highest BCUT2D eigenvalue weighted by Gasteiger charge is 2.17. The van der Waals surface area contributed by atoms with Crippen LogP contribution >= 0.6 is 11.3 Å². The summed E-state index contributed by atoms with van der Waals surface area (Å²) < 4.78 is 11.5. The molecule has 0 saturated heterocycles. The molecule has 2 N–H and O–H groups in total. The van der Waals surface area contributed by atoms with Crippen LogP contribution in [0.5, 0.6) is 5.75 Å². The molecule has 27 heavy (non-hydrogen) atoms. The van der Waals surface area contributed by atoms with Crippen molar-refractivity contribution >= 4 is 34.1 Å². The molecular formula is C20H22N2O4S. The highest BCUT2D eigenvalue weighted by Crippen LogP contribution is 2.31. The molecule has 1 atom stereocenters. The molecule has 0 bridgehead atoms. The van der Waals surface area contributed by atoms with Crippen LogP contribution in [0.15, 0.2) is 40.8 Å². The van der Waals surface area contributed by atoms with Crippen molar-refractivity contribution < 1.29 is 18.7 Å². The molecule has 0 fully saturated rings. The maximum Gasteiger partial charge on any atom is 0.261 e. The Hall–Kier alpha value is -2.80. The fraction of sp³-hybridized carbons (Fsp3) is 0.300. The van der Waals surface area contributed by atoms with Crippen LogP contribution in [0, 0.1) is 6.92 Å². The lowest BCUT2D eigenvalue weighted by Crippen LogP contribution is -2.37. The molecule has 0 radical (unpaired) electrons. The third-order valence-corrected chi connectivity index (χ3v) is 5.00. The fourth-order valence-corrected chi connectivity index (χ4v) is 3.49. The second kappa shape index (κ2) is 8.26. The van der Waals surface area contributed by atoms with E-state index in [2.05, 4.69) is 10.6 Å². The van der Waals surface area contributed by atoms with E-state index in [-0.39, 0.29) is 24.4 Å². The Morgan fingerprint density at radius 1 is 1.26 bits per heavy atom. The zero-order valence-electron chi connectivity index (χ0n) is 15.5. The number of aryl methyl sites for hydroxylation is 1. The third-order valence-electron chi connectivity index (χ3n) is 4.00. The summed E-state index contributed by atoms with van der Waals surface area (Å²) in [5.74, 6) is 0.777. The molecule has 1 aromatic carbocycles. The minimum Gasteiger partial charge on any atom is -0.490 e. The maximum atomic E-state index is 12.2. The lowest BCUT2D eigenvalue weighted by Gasteiger charge is -2.11. The van der Waals surface area contributed by atoms with Crippen LogP contribution in [0.25, 0.3) is 11.0 Å². The Bertz CT molecular complexity index is 960. The Morgan fingerprint density at radius 3 is 2.78 bits per heavy atom. The van der Waals surface area contributed by atoms with E-state index in [0.29, 0.717) is 28.6 Å². The Labute approximate surface area is 161 Å². The van der Waals surface area contributed by atoms with Crippen molar-refractivity contribution in [3.8, 4) is 5.75 Å². The largest absolute Gasteiger partial charge is 0.490 e. The lowest BCUT2D eigenvalue weighted by atomic mass is 10.2. The van der Waals surface area contributed by atoms with Crippen LogP contribution in [-0.2, 0) is 4.79 Å². The first-order valence-electron chi connectivity index (χ1n) is 8.77. The minimum atomic E-state index is -0.333. The zero-order chi connectivity index (χ0) is 19.4. The molecular weight excluding hydrogens is 364 g/mol. The van der Waals surface area contributed by atoms with Crippen molar-refractivity contribution in [2.24, 2.45) is 0 Å². The second-order valence-electron chi connectivity index (χ2n) is 6.14. The van der Waals surface area contributed by atoms with Gasteiger partial charge < -0.3 is 19.8 Å². The van der Waals surface area contributed by atoms with Gasteiger partial charge in [0.05, 0.1) is 24.1 Å². The van der Waals surface area contributed by atoms with E-state index >= 15 is 0 Å². The number of ether oxygens (including phenoxy) is 1. The number of rotatable bonds is 7. The molecule has 2 heterocycles. The highest BCUT2D eigenvalue weighted by molar-refractivity contribution is 7.13. The van der Waals surface area contributed by atoms with Gasteiger partial charge in [0.25, 0.3) is 5.91 Å². The molecule has 142 valence electrons. The highest BCUT2D eigenvalue weighted by atomic mass is 32.1. The number of para-hydroxylation sites is 1. The smallest absolute Gasteiger partial charge is 0.261 e. The summed E-state index contributed by atoms with van der Waals surface area (Å²) in [4.78, 5) is 25.8. The van der Waals surface area contributed by atoms with Crippen molar-refractivity contribution in [2.45, 2.75) is 26.8 Å².